The second-order valence-electron chi connectivity index (χ2n) is 3.85. The Kier molecular flexibility index (Phi) is 3.51. The van der Waals surface area contributed by atoms with E-state index in [1.807, 2.05) is 12.1 Å². The standard InChI is InChI=1S/C12H14N2O3S/c13-12-3-1-2-9-4-5-10(8-11(9)12)18(16,17)14-6-7-15/h1-5,8,14-15H,6-7,13H2. The molecular formula is C12H14N2O3S. The number of nitrogen functional groups attached to an aromatic ring is 1. The van der Waals surface area contributed by atoms with Crippen molar-refractivity contribution in [2.24, 2.45) is 0 Å². The van der Waals surface area contributed by atoms with Crippen LogP contribution >= 0.6 is 0 Å². The van der Waals surface area contributed by atoms with Crippen molar-refractivity contribution in [1.82, 2.24) is 4.72 Å². The fourth-order valence-corrected chi connectivity index (χ4v) is 2.75. The number of anilines is 1. The Labute approximate surface area is 105 Å². The van der Waals surface area contributed by atoms with Crippen LogP contribution in [0.1, 0.15) is 0 Å². The number of aliphatic hydroxyl groups excluding tert-OH is 1. The van der Waals surface area contributed by atoms with Gasteiger partial charge in [0.25, 0.3) is 0 Å². The third-order valence-corrected chi connectivity index (χ3v) is 4.06. The van der Waals surface area contributed by atoms with Crippen LogP contribution in [-0.4, -0.2) is 26.7 Å². The largest absolute Gasteiger partial charge is 0.398 e. The molecule has 0 atom stereocenters. The maximum absolute atomic E-state index is 11.9. The molecule has 0 aliphatic rings. The number of benzene rings is 2. The van der Waals surface area contributed by atoms with Gasteiger partial charge in [0.2, 0.25) is 10.0 Å². The SMILES string of the molecule is Nc1cccc2ccc(S(=O)(=O)NCCO)cc12. The molecule has 6 heteroatoms. The summed E-state index contributed by atoms with van der Waals surface area (Å²) in [6.45, 7) is -0.250. The lowest BCUT2D eigenvalue weighted by Gasteiger charge is -2.07. The van der Waals surface area contributed by atoms with Crippen LogP contribution in [-0.2, 0) is 10.0 Å². The summed E-state index contributed by atoms with van der Waals surface area (Å²) in [7, 11) is -3.60. The van der Waals surface area contributed by atoms with Gasteiger partial charge in [0.15, 0.2) is 0 Å². The first-order valence-corrected chi connectivity index (χ1v) is 6.92. The van der Waals surface area contributed by atoms with Gasteiger partial charge in [0.1, 0.15) is 0 Å². The molecule has 0 spiro atoms. The molecule has 18 heavy (non-hydrogen) atoms. The van der Waals surface area contributed by atoms with Crippen LogP contribution in [0.3, 0.4) is 0 Å². The van der Waals surface area contributed by atoms with Gasteiger partial charge in [-0.15, -0.1) is 0 Å². The molecule has 0 saturated carbocycles. The van der Waals surface area contributed by atoms with Crippen molar-refractivity contribution in [3.8, 4) is 0 Å². The van der Waals surface area contributed by atoms with Crippen molar-refractivity contribution in [3.63, 3.8) is 0 Å². The smallest absolute Gasteiger partial charge is 0.240 e. The van der Waals surface area contributed by atoms with Gasteiger partial charge in [-0.2, -0.15) is 0 Å². The summed E-state index contributed by atoms with van der Waals surface area (Å²) in [4.78, 5) is 0.140. The van der Waals surface area contributed by atoms with Gasteiger partial charge in [0, 0.05) is 17.6 Å². The van der Waals surface area contributed by atoms with Gasteiger partial charge >= 0.3 is 0 Å². The second-order valence-corrected chi connectivity index (χ2v) is 5.62. The van der Waals surface area contributed by atoms with E-state index in [9.17, 15) is 8.42 Å². The quantitative estimate of drug-likeness (QED) is 0.710. The Morgan fingerprint density at radius 3 is 2.72 bits per heavy atom. The molecule has 0 aromatic heterocycles. The highest BCUT2D eigenvalue weighted by molar-refractivity contribution is 7.89. The lowest BCUT2D eigenvalue weighted by Crippen LogP contribution is -2.26. The van der Waals surface area contributed by atoms with Gasteiger partial charge < -0.3 is 10.8 Å². The highest BCUT2D eigenvalue weighted by atomic mass is 32.2. The first-order chi connectivity index (χ1) is 8.54. The molecule has 0 aliphatic heterocycles. The summed E-state index contributed by atoms with van der Waals surface area (Å²) in [5.74, 6) is 0. The summed E-state index contributed by atoms with van der Waals surface area (Å²) >= 11 is 0. The van der Waals surface area contributed by atoms with Gasteiger partial charge in [-0.25, -0.2) is 13.1 Å². The molecule has 0 aliphatic carbocycles. The Bertz CT molecular complexity index is 668. The fraction of sp³-hybridized carbons (Fsp3) is 0.167. The average molecular weight is 266 g/mol. The van der Waals surface area contributed by atoms with E-state index in [-0.39, 0.29) is 18.0 Å². The van der Waals surface area contributed by atoms with Crippen molar-refractivity contribution in [3.05, 3.63) is 36.4 Å². The number of sulfonamides is 1. The lowest BCUT2D eigenvalue weighted by atomic mass is 10.1. The zero-order valence-electron chi connectivity index (χ0n) is 9.63. The number of hydrogen-bond donors (Lipinski definition) is 3. The highest BCUT2D eigenvalue weighted by Crippen LogP contribution is 2.23. The molecule has 0 saturated heterocycles. The predicted molar refractivity (Wildman–Crippen MR) is 70.6 cm³/mol. The first-order valence-electron chi connectivity index (χ1n) is 5.43. The minimum atomic E-state index is -3.60. The van der Waals surface area contributed by atoms with E-state index in [1.165, 1.54) is 12.1 Å². The Hall–Kier alpha value is -1.63. The molecule has 0 bridgehead atoms. The van der Waals surface area contributed by atoms with E-state index < -0.39 is 10.0 Å². The third-order valence-electron chi connectivity index (χ3n) is 2.60. The van der Waals surface area contributed by atoms with E-state index in [0.717, 1.165) is 5.39 Å². The van der Waals surface area contributed by atoms with Gasteiger partial charge in [-0.05, 0) is 23.6 Å². The first kappa shape index (κ1) is 12.8. The number of rotatable bonds is 4. The molecule has 5 nitrogen and oxygen atoms in total. The van der Waals surface area contributed by atoms with Crippen LogP contribution in [0.5, 0.6) is 0 Å². The molecule has 0 fully saturated rings. The van der Waals surface area contributed by atoms with Crippen LogP contribution in [0.2, 0.25) is 0 Å². The number of nitrogens with one attached hydrogen (secondary N) is 1. The Morgan fingerprint density at radius 2 is 2.00 bits per heavy atom. The van der Waals surface area contributed by atoms with E-state index in [1.54, 1.807) is 12.1 Å². The average Bonchev–Trinajstić information content (AvgIpc) is 2.36. The van der Waals surface area contributed by atoms with E-state index in [2.05, 4.69) is 4.72 Å². The molecule has 2 rings (SSSR count). The summed E-state index contributed by atoms with van der Waals surface area (Å²) < 4.78 is 26.1. The van der Waals surface area contributed by atoms with Crippen molar-refractivity contribution >= 4 is 26.5 Å². The van der Waals surface area contributed by atoms with Crippen LogP contribution in [0.25, 0.3) is 10.8 Å². The van der Waals surface area contributed by atoms with Gasteiger partial charge in [-0.1, -0.05) is 18.2 Å². The maximum Gasteiger partial charge on any atom is 0.240 e. The molecule has 96 valence electrons. The predicted octanol–water partition coefficient (Wildman–Crippen LogP) is 0.693. The van der Waals surface area contributed by atoms with Crippen LogP contribution in [0, 0.1) is 0 Å². The maximum atomic E-state index is 11.9. The lowest BCUT2D eigenvalue weighted by molar-refractivity contribution is 0.301. The summed E-state index contributed by atoms with van der Waals surface area (Å²) in [5.41, 5.74) is 6.35. The minimum Gasteiger partial charge on any atom is -0.398 e. The monoisotopic (exact) mass is 266 g/mol. The number of hydrogen-bond acceptors (Lipinski definition) is 4. The van der Waals surface area contributed by atoms with E-state index >= 15 is 0 Å². The van der Waals surface area contributed by atoms with Crippen molar-refractivity contribution in [1.29, 1.82) is 0 Å². The van der Waals surface area contributed by atoms with Crippen LogP contribution in [0.15, 0.2) is 41.3 Å². The zero-order valence-corrected chi connectivity index (χ0v) is 10.4. The molecule has 4 N–H and O–H groups in total. The zero-order chi connectivity index (χ0) is 13.2. The molecule has 0 amide bonds. The molecule has 0 radical (unpaired) electrons. The molecular weight excluding hydrogens is 252 g/mol. The fourth-order valence-electron chi connectivity index (χ4n) is 1.71. The van der Waals surface area contributed by atoms with Crippen molar-refractivity contribution < 1.29 is 13.5 Å². The van der Waals surface area contributed by atoms with Crippen LogP contribution in [0.4, 0.5) is 5.69 Å². The molecule has 0 heterocycles. The molecule has 2 aromatic carbocycles. The highest BCUT2D eigenvalue weighted by Gasteiger charge is 2.13. The van der Waals surface area contributed by atoms with Crippen molar-refractivity contribution in [2.75, 3.05) is 18.9 Å². The van der Waals surface area contributed by atoms with Gasteiger partial charge in [0.05, 0.1) is 11.5 Å². The number of nitrogens with two attached hydrogens (primary N) is 1. The molecule has 0 unspecified atom stereocenters. The minimum absolute atomic E-state index is 0.00928. The van der Waals surface area contributed by atoms with E-state index in [0.29, 0.717) is 11.1 Å². The third kappa shape index (κ3) is 2.45. The summed E-state index contributed by atoms with van der Waals surface area (Å²) in [5, 5.41) is 10.2. The molecule has 2 aromatic rings. The Balaban J connectivity index is 2.50. The Morgan fingerprint density at radius 1 is 1.22 bits per heavy atom. The number of fused-ring (bicyclic) bond motifs is 1. The van der Waals surface area contributed by atoms with E-state index in [4.69, 9.17) is 10.8 Å². The van der Waals surface area contributed by atoms with Gasteiger partial charge in [-0.3, -0.25) is 0 Å². The number of aliphatic hydroxyl groups is 1. The van der Waals surface area contributed by atoms with Crippen molar-refractivity contribution in [2.45, 2.75) is 4.90 Å². The summed E-state index contributed by atoms with van der Waals surface area (Å²) in [6, 6.07) is 10.2. The summed E-state index contributed by atoms with van der Waals surface area (Å²) in [6.07, 6.45) is 0. The second kappa shape index (κ2) is 4.93. The normalized spacial score (nSPS) is 11.8. The van der Waals surface area contributed by atoms with Crippen LogP contribution < -0.4 is 10.5 Å². The topological polar surface area (TPSA) is 92.4 Å².